The van der Waals surface area contributed by atoms with E-state index >= 15 is 0 Å². The molecule has 11 heteroatoms. The smallest absolute Gasteiger partial charge is 0.255 e. The molecule has 2 aromatic heterocycles. The zero-order valence-electron chi connectivity index (χ0n) is 21.8. The Bertz CT molecular complexity index is 1660. The summed E-state index contributed by atoms with van der Waals surface area (Å²) in [6.45, 7) is 0.537. The maximum Gasteiger partial charge on any atom is 0.255 e. The molecule has 0 saturated carbocycles. The minimum absolute atomic E-state index is 0.165. The first kappa shape index (κ1) is 26.8. The lowest BCUT2D eigenvalue weighted by atomic mass is 10.1. The van der Waals surface area contributed by atoms with E-state index in [9.17, 15) is 9.18 Å². The number of ether oxygens (including phenoxy) is 2. The highest BCUT2D eigenvalue weighted by molar-refractivity contribution is 7.98. The number of hydrogen-bond donors (Lipinski definition) is 3. The van der Waals surface area contributed by atoms with E-state index in [-0.39, 0.29) is 11.6 Å². The van der Waals surface area contributed by atoms with Crippen molar-refractivity contribution in [2.24, 2.45) is 0 Å². The summed E-state index contributed by atoms with van der Waals surface area (Å²) in [6, 6.07) is 20.7. The monoisotopic (exact) mass is 558 g/mol. The molecule has 4 N–H and O–H groups in total. The lowest BCUT2D eigenvalue weighted by Crippen LogP contribution is -2.13. The van der Waals surface area contributed by atoms with Gasteiger partial charge in [-0.3, -0.25) is 4.79 Å². The number of nitrogens with two attached hydrogens (primary N) is 1. The van der Waals surface area contributed by atoms with Crippen molar-refractivity contribution in [1.82, 2.24) is 14.6 Å². The topological polar surface area (TPSA) is 116 Å². The van der Waals surface area contributed by atoms with Crippen LogP contribution in [0, 0.1) is 5.82 Å². The Morgan fingerprint density at radius 1 is 1.00 bits per heavy atom. The Balaban J connectivity index is 1.24. The summed E-state index contributed by atoms with van der Waals surface area (Å²) in [5.41, 5.74) is 9.66. The molecule has 0 aliphatic carbocycles. The highest BCUT2D eigenvalue weighted by Crippen LogP contribution is 2.29. The second kappa shape index (κ2) is 12.0. The Morgan fingerprint density at radius 3 is 2.52 bits per heavy atom. The molecular weight excluding hydrogens is 531 g/mol. The number of carbonyl (C=O) groups is 1. The molecule has 0 unspecified atom stereocenters. The molecule has 5 rings (SSSR count). The number of rotatable bonds is 10. The number of carbonyl (C=O) groups excluding carboxylic acids is 1. The quantitative estimate of drug-likeness (QED) is 0.149. The van der Waals surface area contributed by atoms with Gasteiger partial charge in [0.15, 0.2) is 17.3 Å². The highest BCUT2D eigenvalue weighted by Gasteiger charge is 2.12. The number of amides is 1. The highest BCUT2D eigenvalue weighted by atomic mass is 32.2. The molecule has 0 aliphatic rings. The van der Waals surface area contributed by atoms with Gasteiger partial charge >= 0.3 is 0 Å². The van der Waals surface area contributed by atoms with Gasteiger partial charge in [0, 0.05) is 24.1 Å². The predicted molar refractivity (Wildman–Crippen MR) is 155 cm³/mol. The first-order valence-electron chi connectivity index (χ1n) is 12.3. The third kappa shape index (κ3) is 6.10. The number of aromatic nitrogens is 3. The average molecular weight is 559 g/mol. The van der Waals surface area contributed by atoms with Crippen molar-refractivity contribution in [3.63, 3.8) is 0 Å². The summed E-state index contributed by atoms with van der Waals surface area (Å²) in [6.07, 6.45) is 1.88. The fourth-order valence-corrected chi connectivity index (χ4v) is 4.81. The van der Waals surface area contributed by atoms with Crippen LogP contribution in [0.15, 0.2) is 84.1 Å². The molecule has 2 heterocycles. The standard InChI is InChI=1S/C29H27FN6O3S/c1-38-25-12-7-19(14-26(25)39-2)16-32-27-24-4-3-13-36(24)35-29(34-27)40-17-18-5-8-20(9-6-18)28(37)33-23-11-10-21(30)15-22(23)31/h3-15H,16-17,31H2,1-2H3,(H,33,37)(H,32,34,35). The van der Waals surface area contributed by atoms with Crippen LogP contribution in [0.25, 0.3) is 5.52 Å². The normalized spacial score (nSPS) is 10.9. The molecule has 0 bridgehead atoms. The molecule has 0 spiro atoms. The molecule has 0 aliphatic heterocycles. The van der Waals surface area contributed by atoms with Crippen LogP contribution in [0.5, 0.6) is 11.5 Å². The van der Waals surface area contributed by atoms with E-state index in [1.807, 2.05) is 48.7 Å². The molecule has 0 radical (unpaired) electrons. The van der Waals surface area contributed by atoms with Crippen LogP contribution in [0.2, 0.25) is 0 Å². The van der Waals surface area contributed by atoms with E-state index in [1.165, 1.54) is 30.0 Å². The Kier molecular flexibility index (Phi) is 8.02. The van der Waals surface area contributed by atoms with Crippen LogP contribution in [0.1, 0.15) is 21.5 Å². The fraction of sp³-hybridized carbons (Fsp3) is 0.138. The fourth-order valence-electron chi connectivity index (χ4n) is 4.02. The van der Waals surface area contributed by atoms with Gasteiger partial charge in [-0.2, -0.15) is 0 Å². The Labute approximate surface area is 234 Å². The largest absolute Gasteiger partial charge is 0.493 e. The zero-order valence-corrected chi connectivity index (χ0v) is 22.7. The maximum absolute atomic E-state index is 13.3. The number of fused-ring (bicyclic) bond motifs is 1. The summed E-state index contributed by atoms with van der Waals surface area (Å²) in [7, 11) is 3.22. The number of thioether (sulfide) groups is 1. The van der Waals surface area contributed by atoms with Crippen molar-refractivity contribution in [3.05, 3.63) is 102 Å². The molecule has 0 fully saturated rings. The molecule has 0 atom stereocenters. The third-order valence-electron chi connectivity index (χ3n) is 6.13. The lowest BCUT2D eigenvalue weighted by Gasteiger charge is -2.12. The second-order valence-corrected chi connectivity index (χ2v) is 9.74. The predicted octanol–water partition coefficient (Wildman–Crippen LogP) is 5.62. The van der Waals surface area contributed by atoms with E-state index < -0.39 is 5.82 Å². The molecule has 40 heavy (non-hydrogen) atoms. The number of nitrogens with zero attached hydrogens (tertiary/aromatic N) is 3. The van der Waals surface area contributed by atoms with Crippen LogP contribution >= 0.6 is 11.8 Å². The van der Waals surface area contributed by atoms with Crippen LogP contribution in [-0.2, 0) is 12.3 Å². The number of nitrogen functional groups attached to an aromatic ring is 1. The molecular formula is C29H27FN6O3S. The van der Waals surface area contributed by atoms with Crippen molar-refractivity contribution >= 4 is 40.4 Å². The number of hydrogen-bond acceptors (Lipinski definition) is 8. The summed E-state index contributed by atoms with van der Waals surface area (Å²) < 4.78 is 25.8. The average Bonchev–Trinajstić information content (AvgIpc) is 3.45. The summed E-state index contributed by atoms with van der Waals surface area (Å²) in [5.74, 6) is 1.87. The van der Waals surface area contributed by atoms with Crippen LogP contribution in [0.4, 0.5) is 21.6 Å². The number of anilines is 3. The second-order valence-electron chi connectivity index (χ2n) is 8.80. The van der Waals surface area contributed by atoms with E-state index in [0.717, 1.165) is 16.6 Å². The van der Waals surface area contributed by atoms with Crippen LogP contribution in [0.3, 0.4) is 0 Å². The third-order valence-corrected chi connectivity index (χ3v) is 7.03. The molecule has 3 aromatic carbocycles. The van der Waals surface area contributed by atoms with Gasteiger partial charge < -0.3 is 25.8 Å². The van der Waals surface area contributed by atoms with Gasteiger partial charge in [0.05, 0.1) is 25.6 Å². The van der Waals surface area contributed by atoms with Crippen LogP contribution in [-0.4, -0.2) is 34.7 Å². The minimum atomic E-state index is -0.460. The molecule has 0 saturated heterocycles. The van der Waals surface area contributed by atoms with Gasteiger partial charge in [-0.25, -0.2) is 13.9 Å². The van der Waals surface area contributed by atoms with Gasteiger partial charge in [0.1, 0.15) is 11.3 Å². The van der Waals surface area contributed by atoms with E-state index in [2.05, 4.69) is 15.7 Å². The molecule has 5 aromatic rings. The Morgan fingerprint density at radius 2 is 1.77 bits per heavy atom. The van der Waals surface area contributed by atoms with Crippen molar-refractivity contribution in [2.75, 3.05) is 30.6 Å². The van der Waals surface area contributed by atoms with Crippen molar-refractivity contribution < 1.29 is 18.7 Å². The number of halogens is 1. The first-order chi connectivity index (χ1) is 19.4. The number of benzene rings is 3. The first-order valence-corrected chi connectivity index (χ1v) is 13.3. The van der Waals surface area contributed by atoms with Gasteiger partial charge in [-0.05, 0) is 65.7 Å². The lowest BCUT2D eigenvalue weighted by molar-refractivity contribution is 0.102. The van der Waals surface area contributed by atoms with Gasteiger partial charge in [-0.1, -0.05) is 30.0 Å². The van der Waals surface area contributed by atoms with Crippen molar-refractivity contribution in [1.29, 1.82) is 0 Å². The summed E-state index contributed by atoms with van der Waals surface area (Å²) >= 11 is 1.49. The van der Waals surface area contributed by atoms with Gasteiger partial charge in [-0.15, -0.1) is 5.10 Å². The number of methoxy groups -OCH3 is 2. The molecule has 1 amide bonds. The van der Waals surface area contributed by atoms with E-state index in [4.69, 9.17) is 20.2 Å². The van der Waals surface area contributed by atoms with E-state index in [1.54, 1.807) is 30.9 Å². The van der Waals surface area contributed by atoms with Gasteiger partial charge in [0.25, 0.3) is 5.91 Å². The summed E-state index contributed by atoms with van der Waals surface area (Å²) in [4.78, 5) is 17.3. The molecule has 204 valence electrons. The van der Waals surface area contributed by atoms with Crippen molar-refractivity contribution in [3.8, 4) is 11.5 Å². The Hall–Kier alpha value is -4.77. The van der Waals surface area contributed by atoms with Crippen LogP contribution < -0.4 is 25.8 Å². The van der Waals surface area contributed by atoms with Crippen molar-refractivity contribution in [2.45, 2.75) is 17.5 Å². The minimum Gasteiger partial charge on any atom is -0.493 e. The maximum atomic E-state index is 13.3. The number of nitrogens with one attached hydrogen (secondary N) is 2. The summed E-state index contributed by atoms with van der Waals surface area (Å²) in [5, 5.41) is 11.3. The van der Waals surface area contributed by atoms with E-state index in [0.29, 0.717) is 46.0 Å². The molecule has 9 nitrogen and oxygen atoms in total. The zero-order chi connectivity index (χ0) is 28.1. The van der Waals surface area contributed by atoms with Gasteiger partial charge in [0.2, 0.25) is 5.16 Å². The SMILES string of the molecule is COc1ccc(CNc2nc(SCc3ccc(C(=O)Nc4ccc(F)cc4N)cc3)nn3cccc23)cc1OC.